The molecule has 3 rings (SSSR count). The van der Waals surface area contributed by atoms with E-state index in [4.69, 9.17) is 4.74 Å². The molecule has 18 heavy (non-hydrogen) atoms. The van der Waals surface area contributed by atoms with Gasteiger partial charge in [-0.3, -0.25) is 0 Å². The van der Waals surface area contributed by atoms with Gasteiger partial charge in [0, 0.05) is 19.6 Å². The molecule has 2 aromatic rings. The SMILES string of the molecule is CCNCCc1nn2c(C3CCCO3)nnc2s1. The Hall–Kier alpha value is -1.05. The lowest BCUT2D eigenvalue weighted by atomic mass is 10.2. The van der Waals surface area contributed by atoms with Crippen LogP contribution in [0.1, 0.15) is 36.7 Å². The van der Waals surface area contributed by atoms with Crippen LogP contribution in [0.2, 0.25) is 0 Å². The Labute approximate surface area is 109 Å². The number of ether oxygens (including phenoxy) is 1. The second kappa shape index (κ2) is 5.29. The molecule has 0 bridgehead atoms. The predicted molar refractivity (Wildman–Crippen MR) is 68.8 cm³/mol. The first kappa shape index (κ1) is 12.0. The first-order valence-corrected chi connectivity index (χ1v) is 7.23. The van der Waals surface area contributed by atoms with Crippen LogP contribution in [-0.4, -0.2) is 39.5 Å². The van der Waals surface area contributed by atoms with E-state index in [1.807, 2.05) is 4.52 Å². The molecule has 2 aromatic heterocycles. The van der Waals surface area contributed by atoms with Gasteiger partial charge in [-0.1, -0.05) is 18.3 Å². The number of rotatable bonds is 5. The van der Waals surface area contributed by atoms with E-state index >= 15 is 0 Å². The second-order valence-electron chi connectivity index (χ2n) is 4.35. The highest BCUT2D eigenvalue weighted by Gasteiger charge is 2.24. The summed E-state index contributed by atoms with van der Waals surface area (Å²) in [5.74, 6) is 0.855. The van der Waals surface area contributed by atoms with Crippen molar-refractivity contribution in [2.45, 2.75) is 32.3 Å². The summed E-state index contributed by atoms with van der Waals surface area (Å²) in [5.41, 5.74) is 0. The van der Waals surface area contributed by atoms with Crippen LogP contribution < -0.4 is 5.32 Å². The molecule has 1 unspecified atom stereocenters. The van der Waals surface area contributed by atoms with Gasteiger partial charge in [0.05, 0.1) is 0 Å². The van der Waals surface area contributed by atoms with Crippen molar-refractivity contribution in [3.05, 3.63) is 10.8 Å². The Balaban J connectivity index is 1.79. The predicted octanol–water partition coefficient (Wildman–Crippen LogP) is 1.19. The summed E-state index contributed by atoms with van der Waals surface area (Å²) in [7, 11) is 0. The van der Waals surface area contributed by atoms with Crippen molar-refractivity contribution in [3.8, 4) is 0 Å². The zero-order chi connectivity index (χ0) is 12.4. The molecule has 0 amide bonds. The fourth-order valence-corrected chi connectivity index (χ4v) is 2.97. The highest BCUT2D eigenvalue weighted by Crippen LogP contribution is 2.28. The summed E-state index contributed by atoms with van der Waals surface area (Å²) in [6.07, 6.45) is 3.12. The lowest BCUT2D eigenvalue weighted by Gasteiger charge is -2.04. The smallest absolute Gasteiger partial charge is 0.234 e. The Morgan fingerprint density at radius 1 is 1.50 bits per heavy atom. The largest absolute Gasteiger partial charge is 0.370 e. The number of nitrogens with one attached hydrogen (secondary N) is 1. The molecule has 3 heterocycles. The van der Waals surface area contributed by atoms with Gasteiger partial charge in [-0.25, -0.2) is 0 Å². The summed E-state index contributed by atoms with van der Waals surface area (Å²) < 4.78 is 7.49. The molecule has 0 aliphatic carbocycles. The number of aromatic nitrogens is 4. The van der Waals surface area contributed by atoms with Crippen LogP contribution >= 0.6 is 11.3 Å². The van der Waals surface area contributed by atoms with Crippen molar-refractivity contribution < 1.29 is 4.74 Å². The molecule has 98 valence electrons. The fraction of sp³-hybridized carbons (Fsp3) is 0.727. The van der Waals surface area contributed by atoms with E-state index in [0.29, 0.717) is 0 Å². The second-order valence-corrected chi connectivity index (χ2v) is 5.39. The first-order valence-electron chi connectivity index (χ1n) is 6.42. The third kappa shape index (κ3) is 2.25. The average Bonchev–Trinajstić information content (AvgIpc) is 3.03. The normalized spacial score (nSPS) is 19.9. The standard InChI is InChI=1S/C11H17N5OS/c1-2-12-6-5-9-15-16-10(8-4-3-7-17-8)13-14-11(16)18-9/h8,12H,2-7H2,1H3. The van der Waals surface area contributed by atoms with Gasteiger partial charge in [0.1, 0.15) is 11.1 Å². The molecule has 0 radical (unpaired) electrons. The van der Waals surface area contributed by atoms with Crippen LogP contribution in [0.5, 0.6) is 0 Å². The van der Waals surface area contributed by atoms with Crippen molar-refractivity contribution in [2.24, 2.45) is 0 Å². The van der Waals surface area contributed by atoms with Crippen molar-refractivity contribution in [1.82, 2.24) is 25.1 Å². The van der Waals surface area contributed by atoms with Gasteiger partial charge in [-0.2, -0.15) is 9.61 Å². The van der Waals surface area contributed by atoms with E-state index in [-0.39, 0.29) is 6.10 Å². The van der Waals surface area contributed by atoms with Crippen LogP contribution in [0.25, 0.3) is 4.96 Å². The molecule has 1 N–H and O–H groups in total. The maximum atomic E-state index is 5.64. The molecular weight excluding hydrogens is 250 g/mol. The van der Waals surface area contributed by atoms with Crippen molar-refractivity contribution in [2.75, 3.05) is 19.7 Å². The first-order chi connectivity index (χ1) is 8.88. The van der Waals surface area contributed by atoms with E-state index in [0.717, 1.165) is 54.8 Å². The highest BCUT2D eigenvalue weighted by atomic mass is 32.1. The molecule has 1 saturated heterocycles. The zero-order valence-electron chi connectivity index (χ0n) is 10.4. The van der Waals surface area contributed by atoms with Crippen LogP contribution in [0.4, 0.5) is 0 Å². The third-order valence-corrected chi connectivity index (χ3v) is 4.00. The molecule has 0 spiro atoms. The van der Waals surface area contributed by atoms with E-state index in [2.05, 4.69) is 27.5 Å². The molecule has 1 fully saturated rings. The van der Waals surface area contributed by atoms with Gasteiger partial charge in [0.15, 0.2) is 5.82 Å². The quantitative estimate of drug-likeness (QED) is 0.824. The number of hydrogen-bond donors (Lipinski definition) is 1. The Bertz CT molecular complexity index is 516. The average molecular weight is 267 g/mol. The summed E-state index contributed by atoms with van der Waals surface area (Å²) in [6, 6.07) is 0. The van der Waals surface area contributed by atoms with E-state index in [9.17, 15) is 0 Å². The van der Waals surface area contributed by atoms with Crippen molar-refractivity contribution in [3.63, 3.8) is 0 Å². The van der Waals surface area contributed by atoms with Crippen molar-refractivity contribution in [1.29, 1.82) is 0 Å². The van der Waals surface area contributed by atoms with Gasteiger partial charge in [0.25, 0.3) is 0 Å². The fourth-order valence-electron chi connectivity index (χ4n) is 2.13. The molecule has 6 nitrogen and oxygen atoms in total. The van der Waals surface area contributed by atoms with Gasteiger partial charge in [-0.05, 0) is 19.4 Å². The van der Waals surface area contributed by atoms with E-state index in [1.54, 1.807) is 11.3 Å². The minimum absolute atomic E-state index is 0.0729. The molecular formula is C11H17N5OS. The molecule has 0 aromatic carbocycles. The summed E-state index contributed by atoms with van der Waals surface area (Å²) in [4.78, 5) is 0.868. The summed E-state index contributed by atoms with van der Waals surface area (Å²) in [6.45, 7) is 4.87. The Kier molecular flexibility index (Phi) is 3.53. The minimum Gasteiger partial charge on any atom is -0.370 e. The van der Waals surface area contributed by atoms with Gasteiger partial charge in [-0.15, -0.1) is 10.2 Å². The van der Waals surface area contributed by atoms with Crippen LogP contribution in [-0.2, 0) is 11.2 Å². The Morgan fingerprint density at radius 2 is 2.44 bits per heavy atom. The number of nitrogens with zero attached hydrogens (tertiary/aromatic N) is 4. The lowest BCUT2D eigenvalue weighted by Crippen LogP contribution is -2.16. The molecule has 1 aliphatic rings. The zero-order valence-corrected chi connectivity index (χ0v) is 11.2. The van der Waals surface area contributed by atoms with Gasteiger partial charge in [0.2, 0.25) is 4.96 Å². The highest BCUT2D eigenvalue weighted by molar-refractivity contribution is 7.16. The number of likely N-dealkylation sites (N-methyl/N-ethyl adjacent to an activating group) is 1. The van der Waals surface area contributed by atoms with E-state index in [1.165, 1.54) is 0 Å². The molecule has 1 atom stereocenters. The number of hydrogen-bond acceptors (Lipinski definition) is 6. The molecule has 7 heteroatoms. The Morgan fingerprint density at radius 3 is 3.22 bits per heavy atom. The van der Waals surface area contributed by atoms with Crippen LogP contribution in [0, 0.1) is 0 Å². The van der Waals surface area contributed by atoms with Crippen LogP contribution in [0.15, 0.2) is 0 Å². The third-order valence-electron chi connectivity index (χ3n) is 3.04. The molecule has 1 aliphatic heterocycles. The summed E-state index contributed by atoms with van der Waals surface area (Å²) >= 11 is 1.61. The van der Waals surface area contributed by atoms with E-state index < -0.39 is 0 Å². The molecule has 0 saturated carbocycles. The maximum Gasteiger partial charge on any atom is 0.234 e. The van der Waals surface area contributed by atoms with Crippen molar-refractivity contribution >= 4 is 16.3 Å². The maximum absolute atomic E-state index is 5.64. The lowest BCUT2D eigenvalue weighted by molar-refractivity contribution is 0.103. The van der Waals surface area contributed by atoms with Crippen LogP contribution in [0.3, 0.4) is 0 Å². The van der Waals surface area contributed by atoms with Gasteiger partial charge >= 0.3 is 0 Å². The monoisotopic (exact) mass is 267 g/mol. The topological polar surface area (TPSA) is 64.3 Å². The number of fused-ring (bicyclic) bond motifs is 1. The minimum atomic E-state index is 0.0729. The van der Waals surface area contributed by atoms with Gasteiger partial charge < -0.3 is 10.1 Å². The summed E-state index contributed by atoms with van der Waals surface area (Å²) in [5, 5.41) is 17.4.